The van der Waals surface area contributed by atoms with Crippen LogP contribution in [0.2, 0.25) is 0 Å². The molecule has 0 spiro atoms. The Morgan fingerprint density at radius 3 is 2.00 bits per heavy atom. The molecular weight excluding hydrogens is 388 g/mol. The smallest absolute Gasteiger partial charge is 0.316 e. The molecule has 6 heteroatoms. The molecule has 1 aliphatic carbocycles. The van der Waals surface area contributed by atoms with E-state index in [0.717, 1.165) is 43.3 Å². The number of hydrogen-bond acceptors (Lipinski definition) is 5. The Kier molecular flexibility index (Phi) is 4.80. The van der Waals surface area contributed by atoms with Gasteiger partial charge in [-0.25, -0.2) is 0 Å². The van der Waals surface area contributed by atoms with Crippen LogP contribution < -0.4 is 4.90 Å². The van der Waals surface area contributed by atoms with E-state index in [9.17, 15) is 4.79 Å². The fourth-order valence-corrected chi connectivity index (χ4v) is 5.19. The van der Waals surface area contributed by atoms with Gasteiger partial charge in [0.1, 0.15) is 5.82 Å². The Balaban J connectivity index is 1.40. The molecule has 0 bridgehead atoms. The number of carbonyl (C=O) groups excluding carboxylic acids is 1. The topological polar surface area (TPSA) is 60.2 Å². The highest BCUT2D eigenvalue weighted by Gasteiger charge is 2.50. The van der Waals surface area contributed by atoms with Gasteiger partial charge in [0.25, 0.3) is 0 Å². The Morgan fingerprint density at radius 2 is 1.45 bits per heavy atom. The van der Waals surface area contributed by atoms with E-state index in [1.165, 1.54) is 12.7 Å². The van der Waals surface area contributed by atoms with Crippen LogP contribution in [0.1, 0.15) is 42.6 Å². The van der Waals surface area contributed by atoms with Crippen molar-refractivity contribution in [1.82, 2.24) is 14.8 Å². The summed E-state index contributed by atoms with van der Waals surface area (Å²) in [5, 5.41) is 9.21. The van der Waals surface area contributed by atoms with Crippen LogP contribution in [0.15, 0.2) is 60.7 Å². The zero-order valence-electron chi connectivity index (χ0n) is 18.1. The average Bonchev–Trinajstić information content (AvgIpc) is 3.55. The second-order valence-corrected chi connectivity index (χ2v) is 8.76. The minimum atomic E-state index is -0.602. The van der Waals surface area contributed by atoms with Crippen LogP contribution in [0.3, 0.4) is 0 Å². The van der Waals surface area contributed by atoms with Crippen molar-refractivity contribution >= 4 is 11.9 Å². The molecular formula is C25H28N4O2. The van der Waals surface area contributed by atoms with E-state index in [0.29, 0.717) is 12.8 Å². The van der Waals surface area contributed by atoms with Crippen LogP contribution >= 0.6 is 0 Å². The zero-order valence-corrected chi connectivity index (χ0v) is 18.1. The van der Waals surface area contributed by atoms with Crippen LogP contribution in [-0.4, -0.2) is 40.9 Å². The number of nitrogens with zero attached hydrogens (tertiary/aromatic N) is 4. The normalized spacial score (nSPS) is 19.1. The van der Waals surface area contributed by atoms with Gasteiger partial charge in [-0.3, -0.25) is 9.36 Å². The first kappa shape index (κ1) is 19.8. The summed E-state index contributed by atoms with van der Waals surface area (Å²) in [5.74, 6) is 1.75. The van der Waals surface area contributed by atoms with Crippen molar-refractivity contribution in [1.29, 1.82) is 0 Å². The average molecular weight is 417 g/mol. The number of piperidine rings is 1. The highest BCUT2D eigenvalue weighted by atomic mass is 16.5. The molecule has 0 unspecified atom stereocenters. The number of methoxy groups -OCH3 is 1. The van der Waals surface area contributed by atoms with Gasteiger partial charge in [-0.1, -0.05) is 60.7 Å². The molecule has 1 saturated heterocycles. The van der Waals surface area contributed by atoms with E-state index < -0.39 is 5.41 Å². The van der Waals surface area contributed by atoms with Crippen LogP contribution in [0.4, 0.5) is 5.95 Å². The number of aromatic nitrogens is 3. The third kappa shape index (κ3) is 3.12. The summed E-state index contributed by atoms with van der Waals surface area (Å²) in [6.07, 6.45) is 3.58. The SMILES string of the molecule is COC(=O)C1(c2ccccc2)CCN(c2nnc(C3(c4ccccc4)CC3)n2C)CC1. The predicted molar refractivity (Wildman–Crippen MR) is 119 cm³/mol. The lowest BCUT2D eigenvalue weighted by atomic mass is 9.73. The molecule has 2 heterocycles. The largest absolute Gasteiger partial charge is 0.468 e. The van der Waals surface area contributed by atoms with Gasteiger partial charge < -0.3 is 9.64 Å². The molecule has 0 N–H and O–H groups in total. The summed E-state index contributed by atoms with van der Waals surface area (Å²) in [4.78, 5) is 15.1. The molecule has 6 nitrogen and oxygen atoms in total. The maximum absolute atomic E-state index is 12.8. The molecule has 0 radical (unpaired) electrons. The van der Waals surface area contributed by atoms with Crippen molar-refractivity contribution in [3.63, 3.8) is 0 Å². The number of carbonyl (C=O) groups is 1. The first-order valence-electron chi connectivity index (χ1n) is 10.9. The van der Waals surface area contributed by atoms with E-state index in [-0.39, 0.29) is 11.4 Å². The van der Waals surface area contributed by atoms with Crippen molar-refractivity contribution in [3.8, 4) is 0 Å². The van der Waals surface area contributed by atoms with Gasteiger partial charge in [0.2, 0.25) is 5.95 Å². The predicted octanol–water partition coefficient (Wildman–Crippen LogP) is 3.61. The van der Waals surface area contributed by atoms with Crippen molar-refractivity contribution < 1.29 is 9.53 Å². The lowest BCUT2D eigenvalue weighted by Gasteiger charge is -2.40. The van der Waals surface area contributed by atoms with E-state index in [1.807, 2.05) is 30.3 Å². The van der Waals surface area contributed by atoms with E-state index >= 15 is 0 Å². The molecule has 0 amide bonds. The van der Waals surface area contributed by atoms with E-state index in [1.54, 1.807) is 0 Å². The van der Waals surface area contributed by atoms with Crippen LogP contribution in [-0.2, 0) is 27.4 Å². The first-order valence-corrected chi connectivity index (χ1v) is 10.9. The fraction of sp³-hybridized carbons (Fsp3) is 0.400. The third-order valence-electron chi connectivity index (χ3n) is 7.16. The van der Waals surface area contributed by atoms with Crippen molar-refractivity contribution in [2.24, 2.45) is 7.05 Å². The lowest BCUT2D eigenvalue weighted by Crippen LogP contribution is -2.48. The second-order valence-electron chi connectivity index (χ2n) is 8.76. The molecule has 3 aromatic rings. The molecule has 5 rings (SSSR count). The van der Waals surface area contributed by atoms with Crippen molar-refractivity contribution in [2.75, 3.05) is 25.1 Å². The van der Waals surface area contributed by atoms with Crippen LogP contribution in [0.25, 0.3) is 0 Å². The Labute approximate surface area is 182 Å². The minimum Gasteiger partial charge on any atom is -0.468 e. The highest BCUT2D eigenvalue weighted by Crippen LogP contribution is 2.53. The first-order chi connectivity index (χ1) is 15.1. The van der Waals surface area contributed by atoms with Gasteiger partial charge in [0, 0.05) is 20.1 Å². The van der Waals surface area contributed by atoms with Crippen LogP contribution in [0, 0.1) is 0 Å². The Morgan fingerprint density at radius 1 is 0.871 bits per heavy atom. The number of hydrogen-bond donors (Lipinski definition) is 0. The number of esters is 1. The molecule has 1 aliphatic heterocycles. The lowest BCUT2D eigenvalue weighted by molar-refractivity contribution is -0.148. The number of anilines is 1. The molecule has 2 fully saturated rings. The molecule has 160 valence electrons. The van der Waals surface area contributed by atoms with Gasteiger partial charge in [-0.2, -0.15) is 0 Å². The number of benzene rings is 2. The van der Waals surface area contributed by atoms with Crippen molar-refractivity contribution in [3.05, 3.63) is 77.6 Å². The summed E-state index contributed by atoms with van der Waals surface area (Å²) >= 11 is 0. The van der Waals surface area contributed by atoms with Gasteiger partial charge in [0.15, 0.2) is 0 Å². The second kappa shape index (κ2) is 7.52. The highest BCUT2D eigenvalue weighted by molar-refractivity contribution is 5.83. The van der Waals surface area contributed by atoms with Gasteiger partial charge >= 0.3 is 5.97 Å². The quantitative estimate of drug-likeness (QED) is 0.595. The van der Waals surface area contributed by atoms with Crippen molar-refractivity contribution in [2.45, 2.75) is 36.5 Å². The van der Waals surface area contributed by atoms with Crippen LogP contribution in [0.5, 0.6) is 0 Å². The molecule has 31 heavy (non-hydrogen) atoms. The number of rotatable bonds is 5. The molecule has 0 atom stereocenters. The molecule has 1 aromatic heterocycles. The molecule has 1 saturated carbocycles. The minimum absolute atomic E-state index is 0.0170. The monoisotopic (exact) mass is 416 g/mol. The summed E-state index contributed by atoms with van der Waals surface area (Å²) in [7, 11) is 3.54. The van der Waals surface area contributed by atoms with Gasteiger partial charge in [-0.05, 0) is 36.8 Å². The molecule has 2 aliphatic rings. The summed E-state index contributed by atoms with van der Waals surface area (Å²) in [6, 6.07) is 20.6. The van der Waals surface area contributed by atoms with E-state index in [2.05, 4.69) is 57.0 Å². The summed E-state index contributed by atoms with van der Waals surface area (Å²) in [5.41, 5.74) is 1.72. The summed E-state index contributed by atoms with van der Waals surface area (Å²) in [6.45, 7) is 1.46. The van der Waals surface area contributed by atoms with Gasteiger partial charge in [0.05, 0.1) is 17.9 Å². The Bertz CT molecular complexity index is 1070. The maximum Gasteiger partial charge on any atom is 0.316 e. The van der Waals surface area contributed by atoms with Gasteiger partial charge in [-0.15, -0.1) is 10.2 Å². The molecule has 2 aromatic carbocycles. The fourth-order valence-electron chi connectivity index (χ4n) is 5.19. The number of ether oxygens (including phenoxy) is 1. The van der Waals surface area contributed by atoms with E-state index in [4.69, 9.17) is 4.74 Å². The standard InChI is InChI=1S/C25H28N4O2/c1-28-21(24(13-14-24)19-9-5-3-6-10-19)26-27-23(28)29-17-15-25(16-18-29,22(30)31-2)20-11-7-4-8-12-20/h3-12H,13-18H2,1-2H3. The zero-order chi connectivity index (χ0) is 21.5. The maximum atomic E-state index is 12.8. The summed E-state index contributed by atoms with van der Waals surface area (Å²) < 4.78 is 7.37. The third-order valence-corrected chi connectivity index (χ3v) is 7.16. The Hall–Kier alpha value is -3.15.